The highest BCUT2D eigenvalue weighted by Gasteiger charge is 2.34. The lowest BCUT2D eigenvalue weighted by atomic mass is 9.95. The Bertz CT molecular complexity index is 665. The molecule has 27 heavy (non-hydrogen) atoms. The van der Waals surface area contributed by atoms with Crippen LogP contribution < -0.4 is 15.5 Å². The number of likely N-dealkylation sites (N-methyl/N-ethyl adjacent to an activating group) is 1. The van der Waals surface area contributed by atoms with Crippen molar-refractivity contribution in [1.29, 1.82) is 0 Å². The van der Waals surface area contributed by atoms with E-state index in [1.54, 1.807) is 11.9 Å². The van der Waals surface area contributed by atoms with E-state index in [4.69, 9.17) is 0 Å². The van der Waals surface area contributed by atoms with Gasteiger partial charge in [0.2, 0.25) is 5.91 Å². The Morgan fingerprint density at radius 2 is 1.93 bits per heavy atom. The molecule has 0 unspecified atom stereocenters. The van der Waals surface area contributed by atoms with Gasteiger partial charge in [0.15, 0.2) is 0 Å². The number of nitro benzene ring substituents is 1. The molecule has 0 aromatic heterocycles. The molecule has 2 rings (SSSR count). The molecule has 7 nitrogen and oxygen atoms in total. The molecule has 0 radical (unpaired) electrons. The van der Waals surface area contributed by atoms with Crippen molar-refractivity contribution in [2.45, 2.75) is 19.0 Å². The number of nitro groups is 1. The Hall–Kier alpha value is -2.07. The number of carbonyl (C=O) groups is 1. The molecule has 0 spiro atoms. The number of carbonyl (C=O) groups excluding carboxylic acids is 1. The van der Waals surface area contributed by atoms with Gasteiger partial charge >= 0.3 is 6.18 Å². The van der Waals surface area contributed by atoms with E-state index in [1.807, 2.05) is 0 Å². The standard InChI is InChI=1S/C16H21F3N4O3.ClH/c1-20-6-7-21-15(24)11-4-8-22(9-5-11)13-3-2-12(16(17,18)19)10-14(13)23(25)26;/h2-3,10-11,20H,4-9H2,1H3,(H,21,24);1H. The highest BCUT2D eigenvalue weighted by Crippen LogP contribution is 2.37. The van der Waals surface area contributed by atoms with Crippen molar-refractivity contribution in [3.05, 3.63) is 33.9 Å². The van der Waals surface area contributed by atoms with Crippen LogP contribution in [0.2, 0.25) is 0 Å². The summed E-state index contributed by atoms with van der Waals surface area (Å²) in [5, 5.41) is 16.9. The van der Waals surface area contributed by atoms with Crippen LogP contribution >= 0.6 is 12.4 Å². The van der Waals surface area contributed by atoms with Crippen LogP contribution in [0.15, 0.2) is 18.2 Å². The summed E-state index contributed by atoms with van der Waals surface area (Å²) in [7, 11) is 1.78. The molecule has 1 aliphatic heterocycles. The second kappa shape index (κ2) is 9.75. The number of halogens is 4. The summed E-state index contributed by atoms with van der Waals surface area (Å²) in [6.07, 6.45) is -3.66. The zero-order valence-corrected chi connectivity index (χ0v) is 15.5. The van der Waals surface area contributed by atoms with Crippen LogP contribution in [-0.2, 0) is 11.0 Å². The van der Waals surface area contributed by atoms with Gasteiger partial charge < -0.3 is 15.5 Å². The van der Waals surface area contributed by atoms with Gasteiger partial charge in [-0.2, -0.15) is 13.2 Å². The lowest BCUT2D eigenvalue weighted by molar-refractivity contribution is -0.384. The summed E-state index contributed by atoms with van der Waals surface area (Å²) in [6.45, 7) is 1.91. The Balaban J connectivity index is 0.00000364. The van der Waals surface area contributed by atoms with Crippen LogP contribution in [-0.4, -0.2) is 44.1 Å². The van der Waals surface area contributed by atoms with E-state index in [2.05, 4.69) is 10.6 Å². The van der Waals surface area contributed by atoms with Crippen LogP contribution in [0.4, 0.5) is 24.5 Å². The van der Waals surface area contributed by atoms with Crippen LogP contribution in [0, 0.1) is 16.0 Å². The van der Waals surface area contributed by atoms with Crippen molar-refractivity contribution < 1.29 is 22.9 Å². The van der Waals surface area contributed by atoms with Crippen LogP contribution in [0.5, 0.6) is 0 Å². The van der Waals surface area contributed by atoms with Gasteiger partial charge in [0.05, 0.1) is 10.5 Å². The quantitative estimate of drug-likeness (QED) is 0.427. The summed E-state index contributed by atoms with van der Waals surface area (Å²) in [5.41, 5.74) is -1.47. The molecule has 0 atom stereocenters. The van der Waals surface area contributed by atoms with Gasteiger partial charge in [-0.05, 0) is 32.0 Å². The normalized spacial score (nSPS) is 15.2. The van der Waals surface area contributed by atoms with Gasteiger partial charge in [0.1, 0.15) is 5.69 Å². The van der Waals surface area contributed by atoms with Crippen molar-refractivity contribution in [2.24, 2.45) is 5.92 Å². The van der Waals surface area contributed by atoms with Crippen molar-refractivity contribution in [1.82, 2.24) is 10.6 Å². The van der Waals surface area contributed by atoms with E-state index in [1.165, 1.54) is 0 Å². The molecule has 1 fully saturated rings. The fourth-order valence-corrected chi connectivity index (χ4v) is 2.95. The van der Waals surface area contributed by atoms with E-state index in [-0.39, 0.29) is 29.9 Å². The predicted molar refractivity (Wildman–Crippen MR) is 97.2 cm³/mol. The first-order chi connectivity index (χ1) is 12.2. The summed E-state index contributed by atoms with van der Waals surface area (Å²) < 4.78 is 38.4. The Labute approximate surface area is 160 Å². The molecular formula is C16H22ClF3N4O3. The minimum Gasteiger partial charge on any atom is -0.366 e. The summed E-state index contributed by atoms with van der Waals surface area (Å²) in [4.78, 5) is 24.1. The third kappa shape index (κ3) is 5.96. The number of rotatable bonds is 6. The topological polar surface area (TPSA) is 87.5 Å². The second-order valence-electron chi connectivity index (χ2n) is 6.11. The fourth-order valence-electron chi connectivity index (χ4n) is 2.95. The molecule has 1 heterocycles. The number of anilines is 1. The molecule has 1 amide bonds. The highest BCUT2D eigenvalue weighted by atomic mass is 35.5. The predicted octanol–water partition coefficient (Wildman–Crippen LogP) is 2.59. The zero-order chi connectivity index (χ0) is 19.3. The van der Waals surface area contributed by atoms with E-state index < -0.39 is 22.4 Å². The molecule has 152 valence electrons. The number of benzene rings is 1. The maximum atomic E-state index is 12.8. The molecular weight excluding hydrogens is 389 g/mol. The zero-order valence-electron chi connectivity index (χ0n) is 14.7. The van der Waals surface area contributed by atoms with E-state index in [0.29, 0.717) is 45.1 Å². The first kappa shape index (κ1) is 23.0. The minimum absolute atomic E-state index is 0. The van der Waals surface area contributed by atoms with Crippen LogP contribution in [0.3, 0.4) is 0 Å². The molecule has 1 saturated heterocycles. The minimum atomic E-state index is -4.64. The van der Waals surface area contributed by atoms with Crippen LogP contribution in [0.1, 0.15) is 18.4 Å². The number of nitrogens with zero attached hydrogens (tertiary/aromatic N) is 2. The molecule has 0 saturated carbocycles. The molecule has 0 aliphatic carbocycles. The van der Waals surface area contributed by atoms with Crippen LogP contribution in [0.25, 0.3) is 0 Å². The van der Waals surface area contributed by atoms with Crippen molar-refractivity contribution in [3.8, 4) is 0 Å². The molecule has 1 aromatic rings. The first-order valence-corrected chi connectivity index (χ1v) is 8.27. The maximum Gasteiger partial charge on any atom is 0.416 e. The number of amides is 1. The smallest absolute Gasteiger partial charge is 0.366 e. The largest absolute Gasteiger partial charge is 0.416 e. The average molecular weight is 411 g/mol. The number of alkyl halides is 3. The number of hydrogen-bond acceptors (Lipinski definition) is 5. The Morgan fingerprint density at radius 1 is 1.30 bits per heavy atom. The van der Waals surface area contributed by atoms with E-state index >= 15 is 0 Å². The summed E-state index contributed by atoms with van der Waals surface area (Å²) in [6, 6.07) is 2.54. The molecule has 1 aliphatic rings. The highest BCUT2D eigenvalue weighted by molar-refractivity contribution is 5.85. The fraction of sp³-hybridized carbons (Fsp3) is 0.562. The Morgan fingerprint density at radius 3 is 2.44 bits per heavy atom. The second-order valence-corrected chi connectivity index (χ2v) is 6.11. The molecule has 1 aromatic carbocycles. The first-order valence-electron chi connectivity index (χ1n) is 8.27. The third-order valence-corrected chi connectivity index (χ3v) is 4.38. The summed E-state index contributed by atoms with van der Waals surface area (Å²) in [5.74, 6) is -0.265. The number of nitrogens with one attached hydrogen (secondary N) is 2. The number of piperidine rings is 1. The summed E-state index contributed by atoms with van der Waals surface area (Å²) >= 11 is 0. The van der Waals surface area contributed by atoms with E-state index in [9.17, 15) is 28.1 Å². The van der Waals surface area contributed by atoms with Gasteiger partial charge in [-0.15, -0.1) is 12.4 Å². The Kier molecular flexibility index (Phi) is 8.29. The monoisotopic (exact) mass is 410 g/mol. The van der Waals surface area contributed by atoms with Gasteiger partial charge in [-0.25, -0.2) is 0 Å². The number of hydrogen-bond donors (Lipinski definition) is 2. The SMILES string of the molecule is CNCCNC(=O)C1CCN(c2ccc(C(F)(F)F)cc2[N+](=O)[O-])CC1.Cl. The average Bonchev–Trinajstić information content (AvgIpc) is 2.60. The molecule has 11 heteroatoms. The lowest BCUT2D eigenvalue weighted by Crippen LogP contribution is -2.42. The third-order valence-electron chi connectivity index (χ3n) is 4.38. The lowest BCUT2D eigenvalue weighted by Gasteiger charge is -2.32. The molecule has 2 N–H and O–H groups in total. The van der Waals surface area contributed by atoms with E-state index in [0.717, 1.165) is 12.1 Å². The van der Waals surface area contributed by atoms with Gasteiger partial charge in [0, 0.05) is 38.2 Å². The maximum absolute atomic E-state index is 12.8. The molecule has 0 bridgehead atoms. The van der Waals surface area contributed by atoms with Gasteiger partial charge in [0.25, 0.3) is 5.69 Å². The van der Waals surface area contributed by atoms with Crippen molar-refractivity contribution >= 4 is 29.7 Å². The van der Waals surface area contributed by atoms with Gasteiger partial charge in [-0.1, -0.05) is 0 Å². The van der Waals surface area contributed by atoms with Crippen molar-refractivity contribution in [2.75, 3.05) is 38.1 Å². The van der Waals surface area contributed by atoms with Gasteiger partial charge in [-0.3, -0.25) is 14.9 Å². The van der Waals surface area contributed by atoms with Crippen molar-refractivity contribution in [3.63, 3.8) is 0 Å².